The van der Waals surface area contributed by atoms with Gasteiger partial charge in [-0.25, -0.2) is 9.18 Å². The van der Waals surface area contributed by atoms with E-state index in [2.05, 4.69) is 0 Å². The molecule has 1 aromatic carbocycles. The van der Waals surface area contributed by atoms with E-state index in [1.807, 2.05) is 0 Å². The molecule has 6 heteroatoms. The Kier molecular flexibility index (Phi) is 3.29. The van der Waals surface area contributed by atoms with Crippen molar-refractivity contribution < 1.29 is 19.1 Å². The van der Waals surface area contributed by atoms with Crippen LogP contribution in [0.25, 0.3) is 0 Å². The quantitative estimate of drug-likeness (QED) is 0.834. The number of anilines is 1. The van der Waals surface area contributed by atoms with Crippen LogP contribution in [0, 0.1) is 11.7 Å². The van der Waals surface area contributed by atoms with Crippen LogP contribution in [0.4, 0.5) is 10.1 Å². The minimum atomic E-state index is -1.33. The third-order valence-corrected chi connectivity index (χ3v) is 3.03. The van der Waals surface area contributed by atoms with E-state index in [9.17, 15) is 14.0 Å². The van der Waals surface area contributed by atoms with Crippen molar-refractivity contribution in [2.24, 2.45) is 11.7 Å². The number of nitrogens with zero attached hydrogens (tertiary/aromatic N) is 1. The zero-order chi connectivity index (χ0) is 13.3. The molecule has 1 fully saturated rings. The number of nitrogens with two attached hydrogens (primary N) is 1. The smallest absolute Gasteiger partial charge is 0.338 e. The maximum absolute atomic E-state index is 13.5. The maximum Gasteiger partial charge on any atom is 0.338 e. The Morgan fingerprint density at radius 3 is 2.78 bits per heavy atom. The normalized spacial score (nSPS) is 19.3. The molecule has 0 aromatic heterocycles. The van der Waals surface area contributed by atoms with Crippen molar-refractivity contribution in [3.05, 3.63) is 29.6 Å². The van der Waals surface area contributed by atoms with Crippen LogP contribution < -0.4 is 10.6 Å². The lowest BCUT2D eigenvalue weighted by molar-refractivity contribution is -0.117. The van der Waals surface area contributed by atoms with E-state index in [0.29, 0.717) is 25.2 Å². The molecule has 0 saturated carbocycles. The molecule has 18 heavy (non-hydrogen) atoms. The standard InChI is InChI=1S/C12H13FN2O3/c13-10-4-8(1-2-9(10)12(17)18)15-6-7(5-14)3-11(15)16/h1-2,4,7H,3,5-6,14H2,(H,17,18). The van der Waals surface area contributed by atoms with Gasteiger partial charge in [-0.3, -0.25) is 4.79 Å². The first-order chi connectivity index (χ1) is 8.52. The minimum Gasteiger partial charge on any atom is -0.478 e. The highest BCUT2D eigenvalue weighted by molar-refractivity contribution is 5.96. The number of rotatable bonds is 3. The van der Waals surface area contributed by atoms with Gasteiger partial charge in [0, 0.05) is 18.7 Å². The highest BCUT2D eigenvalue weighted by Gasteiger charge is 2.30. The van der Waals surface area contributed by atoms with Gasteiger partial charge in [-0.15, -0.1) is 0 Å². The molecule has 96 valence electrons. The topological polar surface area (TPSA) is 83.6 Å². The van der Waals surface area contributed by atoms with Crippen LogP contribution in [0.5, 0.6) is 0 Å². The molecule has 1 amide bonds. The second kappa shape index (κ2) is 4.73. The summed E-state index contributed by atoms with van der Waals surface area (Å²) in [6.07, 6.45) is 0.346. The van der Waals surface area contributed by atoms with Crippen molar-refractivity contribution in [1.82, 2.24) is 0 Å². The van der Waals surface area contributed by atoms with Crippen LogP contribution in [-0.2, 0) is 4.79 Å². The number of carboxylic acid groups (broad SMARTS) is 1. The molecule has 0 radical (unpaired) electrons. The molecule has 1 unspecified atom stereocenters. The van der Waals surface area contributed by atoms with Crippen molar-refractivity contribution in [2.45, 2.75) is 6.42 Å². The summed E-state index contributed by atoms with van der Waals surface area (Å²) in [4.78, 5) is 23.8. The third-order valence-electron chi connectivity index (χ3n) is 3.03. The van der Waals surface area contributed by atoms with E-state index in [1.165, 1.54) is 11.0 Å². The lowest BCUT2D eigenvalue weighted by atomic mass is 10.1. The number of amides is 1. The number of benzene rings is 1. The van der Waals surface area contributed by atoms with Gasteiger partial charge in [0.15, 0.2) is 0 Å². The fourth-order valence-corrected chi connectivity index (χ4v) is 2.03. The Morgan fingerprint density at radius 1 is 1.56 bits per heavy atom. The Bertz CT molecular complexity index is 504. The van der Waals surface area contributed by atoms with Crippen molar-refractivity contribution in [3.63, 3.8) is 0 Å². The summed E-state index contributed by atoms with van der Waals surface area (Å²) in [5.41, 5.74) is 5.47. The molecular weight excluding hydrogens is 239 g/mol. The fourth-order valence-electron chi connectivity index (χ4n) is 2.03. The van der Waals surface area contributed by atoms with Crippen LogP contribution in [0.2, 0.25) is 0 Å². The monoisotopic (exact) mass is 252 g/mol. The summed E-state index contributed by atoms with van der Waals surface area (Å²) in [5.74, 6) is -2.22. The molecule has 3 N–H and O–H groups in total. The highest BCUT2D eigenvalue weighted by Crippen LogP contribution is 2.26. The number of carbonyl (C=O) groups is 2. The average molecular weight is 252 g/mol. The Morgan fingerprint density at radius 2 is 2.28 bits per heavy atom. The second-order valence-corrected chi connectivity index (χ2v) is 4.28. The van der Waals surface area contributed by atoms with Crippen LogP contribution >= 0.6 is 0 Å². The van der Waals surface area contributed by atoms with Crippen LogP contribution in [0.1, 0.15) is 16.8 Å². The van der Waals surface area contributed by atoms with Crippen LogP contribution in [0.3, 0.4) is 0 Å². The minimum absolute atomic E-state index is 0.0692. The first-order valence-corrected chi connectivity index (χ1v) is 5.56. The van der Waals surface area contributed by atoms with Gasteiger partial charge < -0.3 is 15.7 Å². The molecule has 1 heterocycles. The molecule has 1 atom stereocenters. The van der Waals surface area contributed by atoms with Crippen LogP contribution in [0.15, 0.2) is 18.2 Å². The van der Waals surface area contributed by atoms with E-state index in [4.69, 9.17) is 10.8 Å². The van der Waals surface area contributed by atoms with E-state index in [1.54, 1.807) is 0 Å². The lowest BCUT2D eigenvalue weighted by Crippen LogP contribution is -2.26. The molecule has 1 aliphatic heterocycles. The van der Waals surface area contributed by atoms with Gasteiger partial charge in [0.2, 0.25) is 5.91 Å². The summed E-state index contributed by atoms with van der Waals surface area (Å²) >= 11 is 0. The van der Waals surface area contributed by atoms with Gasteiger partial charge in [0.25, 0.3) is 0 Å². The molecule has 5 nitrogen and oxygen atoms in total. The third kappa shape index (κ3) is 2.19. The highest BCUT2D eigenvalue weighted by atomic mass is 19.1. The van der Waals surface area contributed by atoms with E-state index in [-0.39, 0.29) is 11.8 Å². The molecule has 0 aliphatic carbocycles. The van der Waals surface area contributed by atoms with Crippen LogP contribution in [-0.4, -0.2) is 30.1 Å². The molecule has 1 aliphatic rings. The molecule has 1 saturated heterocycles. The van der Waals surface area contributed by atoms with Crippen molar-refractivity contribution in [1.29, 1.82) is 0 Å². The molecule has 0 spiro atoms. The second-order valence-electron chi connectivity index (χ2n) is 4.28. The van der Waals surface area contributed by atoms with Gasteiger partial charge in [-0.05, 0) is 30.7 Å². The Labute approximate surface area is 103 Å². The molecule has 1 aromatic rings. The largest absolute Gasteiger partial charge is 0.478 e. The molecule has 2 rings (SSSR count). The average Bonchev–Trinajstić information content (AvgIpc) is 2.70. The summed E-state index contributed by atoms with van der Waals surface area (Å²) in [6.45, 7) is 0.846. The number of hydrogen-bond acceptors (Lipinski definition) is 3. The van der Waals surface area contributed by atoms with Gasteiger partial charge >= 0.3 is 5.97 Å². The van der Waals surface area contributed by atoms with Gasteiger partial charge in [0.1, 0.15) is 5.82 Å². The van der Waals surface area contributed by atoms with Crippen molar-refractivity contribution in [3.8, 4) is 0 Å². The maximum atomic E-state index is 13.5. The first-order valence-electron chi connectivity index (χ1n) is 5.56. The summed E-state index contributed by atoms with van der Waals surface area (Å²) in [6, 6.07) is 3.67. The lowest BCUT2D eigenvalue weighted by Gasteiger charge is -2.16. The summed E-state index contributed by atoms with van der Waals surface area (Å²) in [7, 11) is 0. The predicted octanol–water partition coefficient (Wildman–Crippen LogP) is 0.836. The predicted molar refractivity (Wildman–Crippen MR) is 62.9 cm³/mol. The van der Waals surface area contributed by atoms with E-state index < -0.39 is 17.3 Å². The fraction of sp³-hybridized carbons (Fsp3) is 0.333. The zero-order valence-electron chi connectivity index (χ0n) is 9.60. The summed E-state index contributed by atoms with van der Waals surface area (Å²) in [5, 5.41) is 8.72. The molecular formula is C12H13FN2O3. The van der Waals surface area contributed by atoms with Gasteiger partial charge in [-0.1, -0.05) is 0 Å². The first kappa shape index (κ1) is 12.5. The van der Waals surface area contributed by atoms with E-state index in [0.717, 1.165) is 12.1 Å². The number of halogens is 1. The van der Waals surface area contributed by atoms with Crippen molar-refractivity contribution >= 4 is 17.6 Å². The zero-order valence-corrected chi connectivity index (χ0v) is 9.60. The Hall–Kier alpha value is -1.95. The van der Waals surface area contributed by atoms with E-state index >= 15 is 0 Å². The van der Waals surface area contributed by atoms with Gasteiger partial charge in [-0.2, -0.15) is 0 Å². The number of aromatic carboxylic acids is 1. The Balaban J connectivity index is 2.27. The number of carbonyl (C=O) groups excluding carboxylic acids is 1. The number of carboxylic acids is 1. The van der Waals surface area contributed by atoms with Gasteiger partial charge in [0.05, 0.1) is 5.56 Å². The summed E-state index contributed by atoms with van der Waals surface area (Å²) < 4.78 is 13.5. The SMILES string of the molecule is NCC1CC(=O)N(c2ccc(C(=O)O)c(F)c2)C1. The number of hydrogen-bond donors (Lipinski definition) is 2. The van der Waals surface area contributed by atoms with Crippen molar-refractivity contribution in [2.75, 3.05) is 18.0 Å². The molecule has 0 bridgehead atoms.